The highest BCUT2D eigenvalue weighted by molar-refractivity contribution is 4.95. The second kappa shape index (κ2) is 6.22. The Labute approximate surface area is 105 Å². The number of oxazole rings is 1. The zero-order valence-corrected chi connectivity index (χ0v) is 10.8. The first-order valence-electron chi connectivity index (χ1n) is 6.03. The van der Waals surface area contributed by atoms with Crippen molar-refractivity contribution in [3.05, 3.63) is 17.8 Å². The quantitative estimate of drug-likeness (QED) is 0.850. The molecule has 0 saturated carbocycles. The molecule has 3 nitrogen and oxygen atoms in total. The summed E-state index contributed by atoms with van der Waals surface area (Å²) in [5.74, 6) is 1.29. The maximum Gasteiger partial charge on any atom is 0.389 e. The third kappa shape index (κ3) is 5.53. The highest BCUT2D eigenvalue weighted by atomic mass is 19.4. The van der Waals surface area contributed by atoms with E-state index < -0.39 is 12.6 Å². The number of alkyl halides is 3. The molecule has 6 heteroatoms. The molecular formula is C12H19F3N2O. The normalized spacial score (nSPS) is 15.7. The number of nitrogens with one attached hydrogen (secondary N) is 1. The van der Waals surface area contributed by atoms with Crippen molar-refractivity contribution in [2.75, 3.05) is 0 Å². The van der Waals surface area contributed by atoms with Crippen molar-refractivity contribution in [3.63, 3.8) is 0 Å². The van der Waals surface area contributed by atoms with Crippen LogP contribution in [0.5, 0.6) is 0 Å². The van der Waals surface area contributed by atoms with Gasteiger partial charge in [-0.3, -0.25) is 0 Å². The molecule has 1 rings (SSSR count). The van der Waals surface area contributed by atoms with Crippen LogP contribution in [0.4, 0.5) is 13.2 Å². The number of halogens is 3. The molecule has 0 fully saturated rings. The third-order valence-corrected chi connectivity index (χ3v) is 2.64. The summed E-state index contributed by atoms with van der Waals surface area (Å²) in [5.41, 5.74) is 0. The molecule has 1 aromatic rings. The van der Waals surface area contributed by atoms with Gasteiger partial charge in [-0.2, -0.15) is 13.2 Å². The monoisotopic (exact) mass is 264 g/mol. The van der Waals surface area contributed by atoms with Gasteiger partial charge >= 0.3 is 6.18 Å². The Bertz CT molecular complexity index is 362. The Balaban J connectivity index is 2.29. The fourth-order valence-corrected chi connectivity index (χ4v) is 1.76. The molecule has 1 N–H and O–H groups in total. The average Bonchev–Trinajstić information content (AvgIpc) is 2.62. The van der Waals surface area contributed by atoms with E-state index in [2.05, 4.69) is 10.3 Å². The van der Waals surface area contributed by atoms with E-state index in [4.69, 9.17) is 4.42 Å². The van der Waals surface area contributed by atoms with Crippen LogP contribution in [-0.2, 0) is 0 Å². The van der Waals surface area contributed by atoms with Gasteiger partial charge in [0.15, 0.2) is 0 Å². The number of nitrogens with zero attached hydrogens (tertiary/aromatic N) is 1. The first kappa shape index (κ1) is 15.0. The molecule has 0 amide bonds. The molecule has 0 bridgehead atoms. The van der Waals surface area contributed by atoms with Crippen molar-refractivity contribution in [3.8, 4) is 0 Å². The van der Waals surface area contributed by atoms with E-state index in [1.54, 1.807) is 13.1 Å². The van der Waals surface area contributed by atoms with Gasteiger partial charge in [0.05, 0.1) is 12.2 Å². The molecular weight excluding hydrogens is 245 g/mol. The van der Waals surface area contributed by atoms with E-state index in [0.29, 0.717) is 12.3 Å². The lowest BCUT2D eigenvalue weighted by Crippen LogP contribution is -2.29. The number of aryl methyl sites for hydroxylation is 1. The van der Waals surface area contributed by atoms with Gasteiger partial charge in [0.25, 0.3) is 0 Å². The average molecular weight is 264 g/mol. The lowest BCUT2D eigenvalue weighted by atomic mass is 10.1. The van der Waals surface area contributed by atoms with Crippen LogP contribution in [0.15, 0.2) is 10.6 Å². The first-order chi connectivity index (χ1) is 8.28. The van der Waals surface area contributed by atoms with E-state index in [-0.39, 0.29) is 18.5 Å². The maximum absolute atomic E-state index is 12.0. The van der Waals surface area contributed by atoms with Crippen molar-refractivity contribution >= 4 is 0 Å². The zero-order valence-electron chi connectivity index (χ0n) is 10.8. The summed E-state index contributed by atoms with van der Waals surface area (Å²) in [6, 6.07) is -0.103. The summed E-state index contributed by atoms with van der Waals surface area (Å²) in [6.07, 6.45) is -2.56. The Morgan fingerprint density at radius 3 is 2.56 bits per heavy atom. The maximum atomic E-state index is 12.0. The van der Waals surface area contributed by atoms with Gasteiger partial charge in [-0.25, -0.2) is 4.98 Å². The smallest absolute Gasteiger partial charge is 0.389 e. The van der Waals surface area contributed by atoms with Gasteiger partial charge in [0, 0.05) is 12.5 Å². The fraction of sp³-hybridized carbons (Fsp3) is 0.750. The minimum atomic E-state index is -4.06. The summed E-state index contributed by atoms with van der Waals surface area (Å²) in [4.78, 5) is 4.08. The number of aromatic nitrogens is 1. The Hall–Kier alpha value is -1.04. The third-order valence-electron chi connectivity index (χ3n) is 2.64. The SMILES string of the molecule is Cc1cnc(C(C)NC(C)CCCC(F)(F)F)o1. The summed E-state index contributed by atoms with van der Waals surface area (Å²) in [6.45, 7) is 5.55. The number of hydrogen-bond donors (Lipinski definition) is 1. The van der Waals surface area contributed by atoms with Crippen LogP contribution in [0.1, 0.15) is 50.8 Å². The van der Waals surface area contributed by atoms with Crippen LogP contribution in [0.2, 0.25) is 0 Å². The van der Waals surface area contributed by atoms with Crippen molar-refractivity contribution < 1.29 is 17.6 Å². The zero-order chi connectivity index (χ0) is 13.8. The highest BCUT2D eigenvalue weighted by Crippen LogP contribution is 2.23. The van der Waals surface area contributed by atoms with Crippen molar-refractivity contribution in [1.29, 1.82) is 0 Å². The van der Waals surface area contributed by atoms with Crippen molar-refractivity contribution in [2.24, 2.45) is 0 Å². The van der Waals surface area contributed by atoms with Gasteiger partial charge in [0.1, 0.15) is 5.76 Å². The molecule has 0 aliphatic rings. The lowest BCUT2D eigenvalue weighted by molar-refractivity contribution is -0.135. The van der Waals surface area contributed by atoms with Crippen LogP contribution >= 0.6 is 0 Å². The van der Waals surface area contributed by atoms with E-state index in [9.17, 15) is 13.2 Å². The molecule has 1 heterocycles. The molecule has 0 aliphatic carbocycles. The van der Waals surface area contributed by atoms with Gasteiger partial charge < -0.3 is 9.73 Å². The Morgan fingerprint density at radius 2 is 2.06 bits per heavy atom. The topological polar surface area (TPSA) is 38.1 Å². The molecule has 0 aliphatic heterocycles. The molecule has 0 aromatic carbocycles. The van der Waals surface area contributed by atoms with Crippen LogP contribution in [0, 0.1) is 6.92 Å². The minimum absolute atomic E-state index is 0.00504. The molecule has 2 atom stereocenters. The molecule has 0 saturated heterocycles. The minimum Gasteiger partial charge on any atom is -0.444 e. The van der Waals surface area contributed by atoms with Crippen LogP contribution in [0.25, 0.3) is 0 Å². The van der Waals surface area contributed by atoms with Crippen molar-refractivity contribution in [1.82, 2.24) is 10.3 Å². The van der Waals surface area contributed by atoms with Gasteiger partial charge in [-0.1, -0.05) is 0 Å². The molecule has 0 spiro atoms. The van der Waals surface area contributed by atoms with Gasteiger partial charge in [0.2, 0.25) is 5.89 Å². The van der Waals surface area contributed by atoms with Gasteiger partial charge in [-0.05, 0) is 33.6 Å². The Morgan fingerprint density at radius 1 is 1.39 bits per heavy atom. The molecule has 104 valence electrons. The van der Waals surface area contributed by atoms with Crippen LogP contribution < -0.4 is 5.32 Å². The molecule has 18 heavy (non-hydrogen) atoms. The largest absolute Gasteiger partial charge is 0.444 e. The summed E-state index contributed by atoms with van der Waals surface area (Å²) >= 11 is 0. The standard InChI is InChI=1S/C12H19F3N2O/c1-8(5-4-6-12(13,14)15)17-10(3)11-16-7-9(2)18-11/h7-8,10,17H,4-6H2,1-3H3. The molecule has 2 unspecified atom stereocenters. The Kier molecular flexibility index (Phi) is 5.19. The predicted octanol–water partition coefficient (Wildman–Crippen LogP) is 3.75. The molecule has 0 radical (unpaired) electrons. The predicted molar refractivity (Wildman–Crippen MR) is 62.2 cm³/mol. The second-order valence-corrected chi connectivity index (χ2v) is 4.61. The highest BCUT2D eigenvalue weighted by Gasteiger charge is 2.26. The van der Waals surface area contributed by atoms with E-state index in [0.717, 1.165) is 5.76 Å². The van der Waals surface area contributed by atoms with E-state index >= 15 is 0 Å². The molecule has 1 aromatic heterocycles. The fourth-order valence-electron chi connectivity index (χ4n) is 1.76. The van der Waals surface area contributed by atoms with E-state index in [1.807, 2.05) is 13.8 Å². The summed E-state index contributed by atoms with van der Waals surface area (Å²) in [7, 11) is 0. The lowest BCUT2D eigenvalue weighted by Gasteiger charge is -2.18. The number of rotatable bonds is 6. The van der Waals surface area contributed by atoms with Crippen LogP contribution in [0.3, 0.4) is 0 Å². The van der Waals surface area contributed by atoms with E-state index in [1.165, 1.54) is 0 Å². The summed E-state index contributed by atoms with van der Waals surface area (Å²) in [5, 5.41) is 3.17. The number of hydrogen-bond acceptors (Lipinski definition) is 3. The summed E-state index contributed by atoms with van der Waals surface area (Å²) < 4.78 is 41.3. The van der Waals surface area contributed by atoms with Crippen LogP contribution in [-0.4, -0.2) is 17.2 Å². The second-order valence-electron chi connectivity index (χ2n) is 4.61. The first-order valence-corrected chi connectivity index (χ1v) is 6.03. The van der Waals surface area contributed by atoms with Gasteiger partial charge in [-0.15, -0.1) is 0 Å². The van der Waals surface area contributed by atoms with Crippen molar-refractivity contribution in [2.45, 2.75) is 58.3 Å².